The second-order valence-corrected chi connectivity index (χ2v) is 4.68. The number of hydrogen-bond acceptors (Lipinski definition) is 2. The number of rotatable bonds is 7. The van der Waals surface area contributed by atoms with Crippen molar-refractivity contribution in [3.63, 3.8) is 0 Å². The Morgan fingerprint density at radius 1 is 0.700 bits per heavy atom. The van der Waals surface area contributed by atoms with Crippen LogP contribution in [0.4, 0.5) is 0 Å². The van der Waals surface area contributed by atoms with Gasteiger partial charge in [-0.3, -0.25) is 0 Å². The van der Waals surface area contributed by atoms with Crippen LogP contribution in [0.3, 0.4) is 0 Å². The van der Waals surface area contributed by atoms with E-state index in [1.165, 1.54) is 11.1 Å². The Hall–Kier alpha value is -1.96. The summed E-state index contributed by atoms with van der Waals surface area (Å²) in [6.45, 7) is 5.64. The fourth-order valence-corrected chi connectivity index (χ4v) is 1.99. The number of benzene rings is 2. The lowest BCUT2D eigenvalue weighted by molar-refractivity contribution is 0.309. The Morgan fingerprint density at radius 3 is 1.65 bits per heavy atom. The van der Waals surface area contributed by atoms with Crippen LogP contribution in [0, 0.1) is 0 Å². The van der Waals surface area contributed by atoms with Crippen LogP contribution in [-0.4, -0.2) is 13.2 Å². The van der Waals surface area contributed by atoms with E-state index < -0.39 is 0 Å². The molecule has 2 heteroatoms. The van der Waals surface area contributed by atoms with Crippen molar-refractivity contribution in [3.05, 3.63) is 48.5 Å². The lowest BCUT2D eigenvalue weighted by Gasteiger charge is -2.08. The molecule has 2 rings (SSSR count). The van der Waals surface area contributed by atoms with Crippen LogP contribution >= 0.6 is 0 Å². The molecule has 2 aromatic rings. The van der Waals surface area contributed by atoms with Gasteiger partial charge in [0.05, 0.1) is 13.2 Å². The third kappa shape index (κ3) is 4.02. The van der Waals surface area contributed by atoms with Crippen LogP contribution in [0.5, 0.6) is 11.5 Å². The summed E-state index contributed by atoms with van der Waals surface area (Å²) in [6, 6.07) is 16.4. The molecule has 0 amide bonds. The Kier molecular flexibility index (Phi) is 5.48. The summed E-state index contributed by atoms with van der Waals surface area (Å²) >= 11 is 0. The molecule has 0 aliphatic rings. The highest BCUT2D eigenvalue weighted by Gasteiger charge is 2.00. The van der Waals surface area contributed by atoms with E-state index in [4.69, 9.17) is 9.47 Å². The summed E-state index contributed by atoms with van der Waals surface area (Å²) in [7, 11) is 0. The van der Waals surface area contributed by atoms with Gasteiger partial charge in [-0.1, -0.05) is 37.6 Å². The van der Waals surface area contributed by atoms with Gasteiger partial charge in [-0.05, 0) is 48.7 Å². The molecule has 0 bridgehead atoms. The van der Waals surface area contributed by atoms with Gasteiger partial charge in [0.1, 0.15) is 11.5 Å². The van der Waals surface area contributed by atoms with Gasteiger partial charge in [0.2, 0.25) is 0 Å². The van der Waals surface area contributed by atoms with Crippen molar-refractivity contribution in [2.75, 3.05) is 13.2 Å². The zero-order chi connectivity index (χ0) is 14.2. The zero-order valence-corrected chi connectivity index (χ0v) is 12.3. The van der Waals surface area contributed by atoms with Gasteiger partial charge in [0, 0.05) is 0 Å². The van der Waals surface area contributed by atoms with Crippen molar-refractivity contribution >= 4 is 0 Å². The maximum absolute atomic E-state index is 5.67. The second-order valence-electron chi connectivity index (χ2n) is 4.68. The van der Waals surface area contributed by atoms with E-state index in [1.807, 2.05) is 31.2 Å². The summed E-state index contributed by atoms with van der Waals surface area (Å²) in [6.07, 6.45) is 2.25. The van der Waals surface area contributed by atoms with Gasteiger partial charge < -0.3 is 9.47 Å². The van der Waals surface area contributed by atoms with Crippen molar-refractivity contribution in [2.24, 2.45) is 0 Å². The van der Waals surface area contributed by atoms with Crippen molar-refractivity contribution in [2.45, 2.75) is 26.7 Å². The minimum absolute atomic E-state index is 0.698. The first kappa shape index (κ1) is 14.4. The molecule has 0 saturated carbocycles. The number of ether oxygens (including phenoxy) is 2. The highest BCUT2D eigenvalue weighted by molar-refractivity contribution is 5.64. The Labute approximate surface area is 121 Å². The summed E-state index contributed by atoms with van der Waals surface area (Å²) in [5.74, 6) is 1.85. The molecule has 2 nitrogen and oxygen atoms in total. The highest BCUT2D eigenvalue weighted by Crippen LogP contribution is 2.24. The van der Waals surface area contributed by atoms with E-state index in [2.05, 4.69) is 31.2 Å². The number of hydrogen-bond donors (Lipinski definition) is 0. The predicted molar refractivity (Wildman–Crippen MR) is 83.5 cm³/mol. The molecule has 0 aliphatic heterocycles. The third-order valence-corrected chi connectivity index (χ3v) is 3.12. The number of unbranched alkanes of at least 4 members (excludes halogenated alkanes) is 1. The van der Waals surface area contributed by atoms with Gasteiger partial charge in [-0.25, -0.2) is 0 Å². The normalized spacial score (nSPS) is 10.3. The summed E-state index contributed by atoms with van der Waals surface area (Å²) in [5.41, 5.74) is 2.38. The second kappa shape index (κ2) is 7.59. The summed E-state index contributed by atoms with van der Waals surface area (Å²) in [4.78, 5) is 0. The van der Waals surface area contributed by atoms with Gasteiger partial charge in [-0.2, -0.15) is 0 Å². The Bertz CT molecular complexity index is 500. The smallest absolute Gasteiger partial charge is 0.119 e. The topological polar surface area (TPSA) is 18.5 Å². The van der Waals surface area contributed by atoms with Crippen LogP contribution in [0.2, 0.25) is 0 Å². The van der Waals surface area contributed by atoms with E-state index in [0.29, 0.717) is 6.61 Å². The van der Waals surface area contributed by atoms with Crippen molar-refractivity contribution < 1.29 is 9.47 Å². The monoisotopic (exact) mass is 270 g/mol. The minimum atomic E-state index is 0.698. The molecule has 20 heavy (non-hydrogen) atoms. The van der Waals surface area contributed by atoms with E-state index in [0.717, 1.165) is 30.9 Å². The van der Waals surface area contributed by atoms with Crippen LogP contribution in [0.15, 0.2) is 48.5 Å². The first-order valence-electron chi connectivity index (χ1n) is 7.29. The maximum atomic E-state index is 5.67. The fraction of sp³-hybridized carbons (Fsp3) is 0.333. The molecule has 0 atom stereocenters. The first-order valence-corrected chi connectivity index (χ1v) is 7.29. The SMILES string of the molecule is CCCCOc1ccc(-c2ccc(OCC)cc2)cc1. The van der Waals surface area contributed by atoms with Gasteiger partial charge in [0.15, 0.2) is 0 Å². The zero-order valence-electron chi connectivity index (χ0n) is 12.3. The predicted octanol–water partition coefficient (Wildman–Crippen LogP) is 4.93. The van der Waals surface area contributed by atoms with Crippen LogP contribution in [-0.2, 0) is 0 Å². The molecule has 106 valence electrons. The molecule has 0 unspecified atom stereocenters. The Morgan fingerprint density at radius 2 is 1.20 bits per heavy atom. The summed E-state index contributed by atoms with van der Waals surface area (Å²) < 4.78 is 11.1. The lowest BCUT2D eigenvalue weighted by Crippen LogP contribution is -1.95. The van der Waals surface area contributed by atoms with Crippen LogP contribution < -0.4 is 9.47 Å². The molecule has 0 fully saturated rings. The average molecular weight is 270 g/mol. The van der Waals surface area contributed by atoms with E-state index >= 15 is 0 Å². The molecular formula is C18H22O2. The van der Waals surface area contributed by atoms with Gasteiger partial charge >= 0.3 is 0 Å². The molecular weight excluding hydrogens is 248 g/mol. The largest absolute Gasteiger partial charge is 0.494 e. The Balaban J connectivity index is 2.01. The maximum Gasteiger partial charge on any atom is 0.119 e. The minimum Gasteiger partial charge on any atom is -0.494 e. The average Bonchev–Trinajstić information content (AvgIpc) is 2.49. The molecule has 0 aliphatic carbocycles. The molecule has 0 radical (unpaired) electrons. The van der Waals surface area contributed by atoms with Crippen molar-refractivity contribution in [1.29, 1.82) is 0 Å². The van der Waals surface area contributed by atoms with E-state index in [-0.39, 0.29) is 0 Å². The highest BCUT2D eigenvalue weighted by atomic mass is 16.5. The quantitative estimate of drug-likeness (QED) is 0.664. The van der Waals surface area contributed by atoms with Crippen LogP contribution in [0.1, 0.15) is 26.7 Å². The molecule has 0 spiro atoms. The molecule has 0 N–H and O–H groups in total. The van der Waals surface area contributed by atoms with Crippen molar-refractivity contribution in [1.82, 2.24) is 0 Å². The first-order chi connectivity index (χ1) is 9.83. The third-order valence-electron chi connectivity index (χ3n) is 3.12. The molecule has 2 aromatic carbocycles. The van der Waals surface area contributed by atoms with E-state index in [9.17, 15) is 0 Å². The fourth-order valence-electron chi connectivity index (χ4n) is 1.99. The van der Waals surface area contributed by atoms with E-state index in [1.54, 1.807) is 0 Å². The standard InChI is InChI=1S/C18H22O2/c1-3-5-14-20-18-12-8-16(9-13-18)15-6-10-17(11-7-15)19-4-2/h6-13H,3-5,14H2,1-2H3. The summed E-state index contributed by atoms with van der Waals surface area (Å²) in [5, 5.41) is 0. The van der Waals surface area contributed by atoms with Gasteiger partial charge in [-0.15, -0.1) is 0 Å². The van der Waals surface area contributed by atoms with Crippen molar-refractivity contribution in [3.8, 4) is 22.6 Å². The van der Waals surface area contributed by atoms with Crippen LogP contribution in [0.25, 0.3) is 11.1 Å². The molecule has 0 heterocycles. The van der Waals surface area contributed by atoms with Gasteiger partial charge in [0.25, 0.3) is 0 Å². The molecule has 0 aromatic heterocycles. The lowest BCUT2D eigenvalue weighted by atomic mass is 10.1. The molecule has 0 saturated heterocycles.